The van der Waals surface area contributed by atoms with Crippen molar-refractivity contribution in [2.24, 2.45) is 7.05 Å². The molecule has 6 heteroatoms. The fraction of sp³-hybridized carbons (Fsp3) is 0.286. The van der Waals surface area contributed by atoms with Gasteiger partial charge in [-0.05, 0) is 22.6 Å². The topological polar surface area (TPSA) is 56.7 Å². The maximum absolute atomic E-state index is 5.17. The summed E-state index contributed by atoms with van der Waals surface area (Å²) in [4.78, 5) is 0. The molecule has 2 heterocycles. The van der Waals surface area contributed by atoms with E-state index in [1.165, 1.54) is 0 Å². The van der Waals surface area contributed by atoms with Gasteiger partial charge in [0.25, 0.3) is 0 Å². The van der Waals surface area contributed by atoms with Crippen molar-refractivity contribution in [1.82, 2.24) is 20.2 Å². The van der Waals surface area contributed by atoms with Gasteiger partial charge in [-0.1, -0.05) is 11.8 Å². The lowest BCUT2D eigenvalue weighted by Gasteiger charge is -1.95. The summed E-state index contributed by atoms with van der Waals surface area (Å²) in [5.74, 6) is 1.68. The molecule has 2 rings (SSSR count). The summed E-state index contributed by atoms with van der Waals surface area (Å²) in [6.45, 7) is 0. The molecule has 0 aromatic carbocycles. The Morgan fingerprint density at radius 1 is 1.62 bits per heavy atom. The summed E-state index contributed by atoms with van der Waals surface area (Å²) in [6, 6.07) is 3.79. The van der Waals surface area contributed by atoms with E-state index < -0.39 is 0 Å². The summed E-state index contributed by atoms with van der Waals surface area (Å²) in [5, 5.41) is 11.9. The minimum atomic E-state index is 0.751. The molecule has 0 fully saturated rings. The van der Waals surface area contributed by atoms with Gasteiger partial charge in [-0.15, -0.1) is 5.10 Å². The first kappa shape index (κ1) is 8.31. The molecule has 2 aromatic heterocycles. The second kappa shape index (κ2) is 3.61. The van der Waals surface area contributed by atoms with E-state index in [0.717, 1.165) is 16.7 Å². The molecule has 68 valence electrons. The van der Waals surface area contributed by atoms with Gasteiger partial charge < -0.3 is 4.42 Å². The quantitative estimate of drug-likeness (QED) is 0.688. The van der Waals surface area contributed by atoms with Gasteiger partial charge in [-0.25, -0.2) is 4.68 Å². The van der Waals surface area contributed by atoms with E-state index in [2.05, 4.69) is 15.5 Å². The molecule has 0 aliphatic rings. The molecule has 0 atom stereocenters. The Kier molecular flexibility index (Phi) is 2.31. The van der Waals surface area contributed by atoms with Crippen LogP contribution in [0.1, 0.15) is 5.76 Å². The number of nitrogens with zero attached hydrogens (tertiary/aromatic N) is 4. The minimum Gasteiger partial charge on any atom is -0.468 e. The van der Waals surface area contributed by atoms with Gasteiger partial charge in [0.2, 0.25) is 5.16 Å². The predicted octanol–water partition coefficient (Wildman–Crippen LogP) is 1.10. The molecule has 5 nitrogen and oxygen atoms in total. The normalized spacial score (nSPS) is 10.5. The van der Waals surface area contributed by atoms with Crippen LogP contribution in [0.4, 0.5) is 0 Å². The third kappa shape index (κ3) is 1.89. The Morgan fingerprint density at radius 2 is 2.54 bits per heavy atom. The number of aromatic nitrogens is 4. The monoisotopic (exact) mass is 196 g/mol. The molecule has 0 amide bonds. The lowest BCUT2D eigenvalue weighted by Crippen LogP contribution is -1.92. The Morgan fingerprint density at radius 3 is 3.15 bits per heavy atom. The zero-order valence-corrected chi connectivity index (χ0v) is 7.86. The van der Waals surface area contributed by atoms with Crippen molar-refractivity contribution in [3.63, 3.8) is 0 Å². The molecule has 2 aromatic rings. The maximum atomic E-state index is 5.17. The molecule has 0 bridgehead atoms. The number of aryl methyl sites for hydroxylation is 1. The average Bonchev–Trinajstić information content (AvgIpc) is 2.72. The van der Waals surface area contributed by atoms with Crippen LogP contribution in [0, 0.1) is 0 Å². The lowest BCUT2D eigenvalue weighted by molar-refractivity contribution is 0.530. The van der Waals surface area contributed by atoms with Crippen LogP contribution in [0.5, 0.6) is 0 Å². The molecular weight excluding hydrogens is 188 g/mol. The summed E-state index contributed by atoms with van der Waals surface area (Å²) < 4.78 is 6.81. The maximum Gasteiger partial charge on any atom is 0.209 e. The van der Waals surface area contributed by atoms with Crippen molar-refractivity contribution in [3.8, 4) is 0 Å². The molecule has 0 N–H and O–H groups in total. The molecule has 0 unspecified atom stereocenters. The Hall–Kier alpha value is -1.30. The number of thioether (sulfide) groups is 1. The van der Waals surface area contributed by atoms with Crippen molar-refractivity contribution < 1.29 is 4.42 Å². The number of furan rings is 1. The van der Waals surface area contributed by atoms with E-state index in [0.29, 0.717) is 0 Å². The van der Waals surface area contributed by atoms with Crippen molar-refractivity contribution in [2.75, 3.05) is 0 Å². The highest BCUT2D eigenvalue weighted by Gasteiger charge is 2.03. The number of hydrogen-bond acceptors (Lipinski definition) is 5. The lowest BCUT2D eigenvalue weighted by atomic mass is 10.5. The smallest absolute Gasteiger partial charge is 0.209 e. The van der Waals surface area contributed by atoms with Crippen molar-refractivity contribution in [1.29, 1.82) is 0 Å². The third-order valence-electron chi connectivity index (χ3n) is 1.50. The largest absolute Gasteiger partial charge is 0.468 e. The van der Waals surface area contributed by atoms with Gasteiger partial charge >= 0.3 is 0 Å². The molecule has 13 heavy (non-hydrogen) atoms. The highest BCUT2D eigenvalue weighted by atomic mass is 32.2. The van der Waals surface area contributed by atoms with Crippen LogP contribution in [-0.2, 0) is 12.8 Å². The third-order valence-corrected chi connectivity index (χ3v) is 2.54. The minimum absolute atomic E-state index is 0.751. The standard InChI is InChI=1S/C7H8N4OS/c1-11-7(8-9-10-11)13-5-6-3-2-4-12-6/h2-4H,5H2,1H3. The number of hydrogen-bond donors (Lipinski definition) is 0. The fourth-order valence-corrected chi connectivity index (χ4v) is 1.63. The first-order valence-corrected chi connectivity index (χ1v) is 4.72. The molecule has 0 saturated heterocycles. The van der Waals surface area contributed by atoms with Gasteiger partial charge in [0.15, 0.2) is 0 Å². The fourth-order valence-electron chi connectivity index (χ4n) is 0.874. The van der Waals surface area contributed by atoms with E-state index in [9.17, 15) is 0 Å². The summed E-state index contributed by atoms with van der Waals surface area (Å²) in [6.07, 6.45) is 1.66. The van der Waals surface area contributed by atoms with Crippen molar-refractivity contribution >= 4 is 11.8 Å². The summed E-state index contributed by atoms with van der Waals surface area (Å²) >= 11 is 1.54. The summed E-state index contributed by atoms with van der Waals surface area (Å²) in [5.41, 5.74) is 0. The van der Waals surface area contributed by atoms with Crippen LogP contribution in [0.25, 0.3) is 0 Å². The van der Waals surface area contributed by atoms with Crippen LogP contribution >= 0.6 is 11.8 Å². The zero-order valence-electron chi connectivity index (χ0n) is 7.04. The van der Waals surface area contributed by atoms with Crippen molar-refractivity contribution in [3.05, 3.63) is 24.2 Å². The first-order valence-electron chi connectivity index (χ1n) is 3.74. The van der Waals surface area contributed by atoms with E-state index in [4.69, 9.17) is 4.42 Å². The van der Waals surface area contributed by atoms with Gasteiger partial charge in [0, 0.05) is 7.05 Å². The molecule has 0 aliphatic heterocycles. The highest BCUT2D eigenvalue weighted by molar-refractivity contribution is 7.98. The van der Waals surface area contributed by atoms with Gasteiger partial charge in [0.1, 0.15) is 5.76 Å². The van der Waals surface area contributed by atoms with Crippen LogP contribution in [0.2, 0.25) is 0 Å². The summed E-state index contributed by atoms with van der Waals surface area (Å²) in [7, 11) is 1.81. The molecule has 0 saturated carbocycles. The highest BCUT2D eigenvalue weighted by Crippen LogP contribution is 2.18. The second-order valence-electron chi connectivity index (χ2n) is 2.45. The zero-order chi connectivity index (χ0) is 9.10. The van der Waals surface area contributed by atoms with E-state index in [1.807, 2.05) is 19.2 Å². The second-order valence-corrected chi connectivity index (χ2v) is 3.40. The first-order chi connectivity index (χ1) is 6.36. The Bertz CT molecular complexity index is 370. The predicted molar refractivity (Wildman–Crippen MR) is 47.1 cm³/mol. The molecular formula is C7H8N4OS. The van der Waals surface area contributed by atoms with Crippen molar-refractivity contribution in [2.45, 2.75) is 10.9 Å². The molecule has 0 radical (unpaired) electrons. The van der Waals surface area contributed by atoms with E-state index >= 15 is 0 Å². The van der Waals surface area contributed by atoms with Crippen LogP contribution < -0.4 is 0 Å². The average molecular weight is 196 g/mol. The van der Waals surface area contributed by atoms with Crippen LogP contribution in [-0.4, -0.2) is 20.2 Å². The van der Waals surface area contributed by atoms with Gasteiger partial charge in [-0.2, -0.15) is 0 Å². The van der Waals surface area contributed by atoms with E-state index in [1.54, 1.807) is 22.7 Å². The number of rotatable bonds is 3. The Labute approximate surface area is 79.1 Å². The van der Waals surface area contributed by atoms with Gasteiger partial charge in [-0.3, -0.25) is 0 Å². The Balaban J connectivity index is 1.97. The van der Waals surface area contributed by atoms with Crippen LogP contribution in [0.3, 0.4) is 0 Å². The van der Waals surface area contributed by atoms with Gasteiger partial charge in [0.05, 0.1) is 12.0 Å². The number of tetrazole rings is 1. The molecule has 0 spiro atoms. The van der Waals surface area contributed by atoms with E-state index in [-0.39, 0.29) is 0 Å². The SMILES string of the molecule is Cn1nnnc1SCc1ccco1. The van der Waals surface area contributed by atoms with Crippen LogP contribution in [0.15, 0.2) is 28.0 Å². The molecule has 0 aliphatic carbocycles.